The van der Waals surface area contributed by atoms with Crippen LogP contribution in [0.3, 0.4) is 0 Å². The molecule has 1 N–H and O–H groups in total. The van der Waals surface area contributed by atoms with Gasteiger partial charge in [-0.3, -0.25) is 0 Å². The molecule has 0 amide bonds. The summed E-state index contributed by atoms with van der Waals surface area (Å²) >= 11 is 70.9. The fourth-order valence-electron chi connectivity index (χ4n) is 2.63. The molecule has 20 heteroatoms. The number of aliphatic hydroxyl groups is 1. The zero-order valence-electron chi connectivity index (χ0n) is 12.6. The summed E-state index contributed by atoms with van der Waals surface area (Å²) in [5.41, 5.74) is 0. The summed E-state index contributed by atoms with van der Waals surface area (Å²) in [6.07, 6.45) is 0. The van der Waals surface area contributed by atoms with Crippen molar-refractivity contribution < 1.29 is 5.11 Å². The quantitative estimate of drug-likeness (QED) is 0.260. The second-order valence-corrected chi connectivity index (χ2v) is 41.1. The van der Waals surface area contributed by atoms with Crippen LogP contribution in [0.25, 0.3) is 0 Å². The zero-order valence-corrected chi connectivity index (χ0v) is 42.8. The molecule has 3 unspecified atom stereocenters. The van der Waals surface area contributed by atoms with Crippen molar-refractivity contribution in [1.82, 2.24) is 0 Å². The van der Waals surface area contributed by atoms with Crippen LogP contribution in [0.15, 0.2) is 0 Å². The van der Waals surface area contributed by atoms with E-state index in [4.69, 9.17) is 0 Å². The summed E-state index contributed by atoms with van der Waals surface area (Å²) in [5.74, 6) is 0. The third-order valence-corrected chi connectivity index (χ3v) is 35.4. The summed E-state index contributed by atoms with van der Waals surface area (Å²) < 4.78 is -12.5. The molecule has 1 saturated carbocycles. The third-order valence-electron chi connectivity index (χ3n) is 4.21. The highest BCUT2D eigenvalue weighted by Gasteiger charge is 2.93. The highest BCUT2D eigenvalue weighted by Crippen LogP contribution is 2.87. The van der Waals surface area contributed by atoms with Crippen LogP contribution in [-0.4, -0.2) is 38.7 Å². The lowest BCUT2D eigenvalue weighted by Crippen LogP contribution is -2.89. The van der Waals surface area contributed by atoms with Crippen molar-refractivity contribution in [2.75, 3.05) is 0 Å². The molecule has 30 heavy (non-hydrogen) atoms. The van der Waals surface area contributed by atoms with Crippen LogP contribution in [0.1, 0.15) is 0 Å². The van der Waals surface area contributed by atoms with E-state index in [9.17, 15) is 5.11 Å². The molecule has 0 aromatic heterocycles. The molecule has 0 radical (unpaired) electrons. The Morgan fingerprint density at radius 3 is 0.933 bits per heavy atom. The van der Waals surface area contributed by atoms with E-state index in [1.54, 1.807) is 0 Å². The molecular formula is C10HBr19O. The standard InChI is InChI=1S/C10HBr19O/c11-1(2(12,8(21,22)23)9(24,25)26)4(14,15)5(16,17)3(13,10(27,28)29)6(18,19)7(1,20)30/h30H. The molecule has 1 nitrogen and oxygen atoms in total. The Bertz CT molecular complexity index is 650. The molecule has 0 heterocycles. The zero-order chi connectivity index (χ0) is 25.0. The first-order valence-electron chi connectivity index (χ1n) is 6.31. The molecule has 180 valence electrons. The first kappa shape index (κ1) is 37.1. The van der Waals surface area contributed by atoms with E-state index >= 15 is 0 Å². The van der Waals surface area contributed by atoms with E-state index in [-0.39, 0.29) is 0 Å². The lowest BCUT2D eigenvalue weighted by Gasteiger charge is -2.73. The molecule has 3 atom stereocenters. The van der Waals surface area contributed by atoms with Gasteiger partial charge in [0.2, 0.25) is 0 Å². The average Bonchev–Trinajstić information content (AvgIpc) is 2.46. The second-order valence-electron chi connectivity index (χ2n) is 5.81. The smallest absolute Gasteiger partial charge is 0.165 e. The van der Waals surface area contributed by atoms with Crippen molar-refractivity contribution in [3.63, 3.8) is 0 Å². The lowest BCUT2D eigenvalue weighted by atomic mass is 9.73. The van der Waals surface area contributed by atoms with Gasteiger partial charge in [-0.25, -0.2) is 0 Å². The molecule has 1 rings (SSSR count). The van der Waals surface area contributed by atoms with Gasteiger partial charge >= 0.3 is 0 Å². The van der Waals surface area contributed by atoms with Crippen molar-refractivity contribution in [2.45, 2.75) is 33.6 Å². The van der Waals surface area contributed by atoms with Crippen LogP contribution in [0.2, 0.25) is 0 Å². The molecule has 1 aliphatic rings. The Balaban J connectivity index is 4.39. The topological polar surface area (TPSA) is 20.2 Å². The van der Waals surface area contributed by atoms with Crippen molar-refractivity contribution in [1.29, 1.82) is 0 Å². The Kier molecular flexibility index (Phi) is 13.6. The van der Waals surface area contributed by atoms with Gasteiger partial charge in [-0.2, -0.15) is 0 Å². The van der Waals surface area contributed by atoms with E-state index in [0.717, 1.165) is 0 Å². The molecule has 0 aromatic carbocycles. The SMILES string of the molecule is OC1(Br)C(Br)(Br)C(Br)(C(Br)(Br)Br)C(Br)(Br)C(Br)(Br)C1(Br)C(Br)(C(Br)(Br)Br)C(Br)(Br)Br. The van der Waals surface area contributed by atoms with Crippen LogP contribution in [0, 0.1) is 0 Å². The van der Waals surface area contributed by atoms with Gasteiger partial charge < -0.3 is 5.11 Å². The van der Waals surface area contributed by atoms with Gasteiger partial charge in [-0.05, 0) is 0 Å². The maximum atomic E-state index is 12.4. The van der Waals surface area contributed by atoms with Crippen LogP contribution in [-0.2, 0) is 0 Å². The molecule has 1 fully saturated rings. The predicted molar refractivity (Wildman–Crippen MR) is 199 cm³/mol. The van der Waals surface area contributed by atoms with Crippen molar-refractivity contribution in [3.8, 4) is 0 Å². The highest BCUT2D eigenvalue weighted by atomic mass is 80.0. The fraction of sp³-hybridized carbons (Fsp3) is 1.00. The molecule has 0 bridgehead atoms. The fourth-order valence-corrected chi connectivity index (χ4v) is 28.0. The number of hydrogen-bond acceptors (Lipinski definition) is 1. The normalized spacial score (nSPS) is 37.2. The first-order chi connectivity index (χ1) is 12.5. The summed E-state index contributed by atoms with van der Waals surface area (Å²) in [4.78, 5) is 0. The van der Waals surface area contributed by atoms with Gasteiger partial charge in [-0.15, -0.1) is 0 Å². The van der Waals surface area contributed by atoms with Gasteiger partial charge in [0.25, 0.3) is 0 Å². The van der Waals surface area contributed by atoms with Crippen molar-refractivity contribution in [2.24, 2.45) is 0 Å². The van der Waals surface area contributed by atoms with Crippen LogP contribution >= 0.6 is 303 Å². The van der Waals surface area contributed by atoms with Gasteiger partial charge in [0.05, 0.1) is 0 Å². The van der Waals surface area contributed by atoms with Gasteiger partial charge in [0.1, 0.15) is 22.7 Å². The predicted octanol–water partition coefficient (Wildman–Crippen LogP) is 13.5. The monoisotopic (exact) mass is 1640 g/mol. The maximum absolute atomic E-state index is 12.4. The first-order valence-corrected chi connectivity index (χ1v) is 21.4. The lowest BCUT2D eigenvalue weighted by molar-refractivity contribution is 0.0425. The molecule has 0 saturated heterocycles. The summed E-state index contributed by atoms with van der Waals surface area (Å²) in [5, 5.41) is 12.4. The largest absolute Gasteiger partial charge is 0.375 e. The van der Waals surface area contributed by atoms with E-state index in [2.05, 4.69) is 303 Å². The minimum absolute atomic E-state index is 1.000. The maximum Gasteiger partial charge on any atom is 0.165 e. The van der Waals surface area contributed by atoms with Gasteiger partial charge in [0.15, 0.2) is 10.9 Å². The molecule has 0 aromatic rings. The average molecular weight is 1660 g/mol. The number of rotatable bonds is 1. The Hall–Kier alpha value is 9.08. The van der Waals surface area contributed by atoms with Crippen LogP contribution in [0.4, 0.5) is 0 Å². The number of alkyl halides is 19. The Morgan fingerprint density at radius 2 is 0.700 bits per heavy atom. The molecule has 1 aliphatic carbocycles. The van der Waals surface area contributed by atoms with E-state index in [0.29, 0.717) is 0 Å². The molecule has 0 spiro atoms. The van der Waals surface area contributed by atoms with Gasteiger partial charge in [-0.1, -0.05) is 303 Å². The van der Waals surface area contributed by atoms with Crippen LogP contribution < -0.4 is 0 Å². The van der Waals surface area contributed by atoms with E-state index in [1.165, 1.54) is 0 Å². The van der Waals surface area contributed by atoms with Crippen molar-refractivity contribution >= 4 is 303 Å². The summed E-state index contributed by atoms with van der Waals surface area (Å²) in [6, 6.07) is 0. The minimum Gasteiger partial charge on any atom is -0.375 e. The van der Waals surface area contributed by atoms with E-state index in [1.807, 2.05) is 0 Å². The number of hydrogen-bond donors (Lipinski definition) is 1. The highest BCUT2D eigenvalue weighted by molar-refractivity contribution is 9.42. The molecule has 0 aliphatic heterocycles. The Labute approximate surface area is 333 Å². The van der Waals surface area contributed by atoms with E-state index < -0.39 is 33.6 Å². The minimum atomic E-state index is -1.85. The van der Waals surface area contributed by atoms with Crippen molar-refractivity contribution in [3.05, 3.63) is 0 Å². The molecular weight excluding hydrogens is 1650 g/mol. The number of halogens is 19. The van der Waals surface area contributed by atoms with Crippen LogP contribution in [0.5, 0.6) is 0 Å². The Morgan fingerprint density at radius 1 is 0.433 bits per heavy atom. The van der Waals surface area contributed by atoms with Gasteiger partial charge in [0, 0.05) is 0 Å². The third kappa shape index (κ3) is 4.92. The summed E-state index contributed by atoms with van der Waals surface area (Å²) in [6.45, 7) is 0. The summed E-state index contributed by atoms with van der Waals surface area (Å²) in [7, 11) is 0. The second kappa shape index (κ2) is 11.0.